The number of fused-ring (bicyclic) bond motifs is 1. The SMILES string of the molecule is CCOC(=O)c1ccn2c(C(C)C)cc(COC)nc12. The van der Waals surface area contributed by atoms with Crippen molar-refractivity contribution in [2.75, 3.05) is 13.7 Å². The number of hydrogen-bond donors (Lipinski definition) is 0. The quantitative estimate of drug-likeness (QED) is 0.788. The summed E-state index contributed by atoms with van der Waals surface area (Å²) in [6.45, 7) is 6.78. The van der Waals surface area contributed by atoms with Crippen molar-refractivity contribution in [3.63, 3.8) is 0 Å². The molecule has 2 aromatic rings. The van der Waals surface area contributed by atoms with Crippen molar-refractivity contribution in [3.05, 3.63) is 35.3 Å². The van der Waals surface area contributed by atoms with Crippen LogP contribution in [0.3, 0.4) is 0 Å². The molecule has 0 aliphatic rings. The lowest BCUT2D eigenvalue weighted by atomic mass is 10.1. The fraction of sp³-hybridized carbons (Fsp3) is 0.467. The summed E-state index contributed by atoms with van der Waals surface area (Å²) in [4.78, 5) is 16.5. The molecule has 0 unspecified atom stereocenters. The molecule has 0 spiro atoms. The molecule has 0 bridgehead atoms. The van der Waals surface area contributed by atoms with Crippen LogP contribution in [-0.4, -0.2) is 29.1 Å². The minimum absolute atomic E-state index is 0.318. The maximum absolute atomic E-state index is 12.0. The van der Waals surface area contributed by atoms with Crippen LogP contribution in [0.25, 0.3) is 5.65 Å². The number of methoxy groups -OCH3 is 1. The molecule has 0 fully saturated rings. The molecule has 2 aromatic heterocycles. The van der Waals surface area contributed by atoms with Gasteiger partial charge < -0.3 is 13.9 Å². The lowest BCUT2D eigenvalue weighted by Crippen LogP contribution is -2.08. The molecule has 0 aliphatic carbocycles. The first-order valence-corrected chi connectivity index (χ1v) is 6.75. The fourth-order valence-corrected chi connectivity index (χ4v) is 2.19. The molecule has 0 N–H and O–H groups in total. The van der Waals surface area contributed by atoms with Gasteiger partial charge in [0.15, 0.2) is 5.65 Å². The highest BCUT2D eigenvalue weighted by Gasteiger charge is 2.17. The predicted molar refractivity (Wildman–Crippen MR) is 76.0 cm³/mol. The Labute approximate surface area is 118 Å². The van der Waals surface area contributed by atoms with E-state index in [1.165, 1.54) is 0 Å². The molecule has 0 saturated heterocycles. The number of carbonyl (C=O) groups excluding carboxylic acids is 1. The third kappa shape index (κ3) is 2.67. The summed E-state index contributed by atoms with van der Waals surface area (Å²) in [6, 6.07) is 3.76. The molecular formula is C15H20N2O3. The molecule has 0 radical (unpaired) electrons. The lowest BCUT2D eigenvalue weighted by molar-refractivity contribution is 0.0528. The Bertz CT molecular complexity index is 617. The van der Waals surface area contributed by atoms with E-state index in [1.807, 2.05) is 16.7 Å². The number of ether oxygens (including phenoxy) is 2. The summed E-state index contributed by atoms with van der Waals surface area (Å²) in [6.07, 6.45) is 1.86. The second-order valence-electron chi connectivity index (χ2n) is 4.90. The van der Waals surface area contributed by atoms with Gasteiger partial charge in [0, 0.05) is 19.0 Å². The molecule has 0 amide bonds. The Morgan fingerprint density at radius 2 is 2.20 bits per heavy atom. The van der Waals surface area contributed by atoms with Gasteiger partial charge in [0.05, 0.1) is 18.9 Å². The number of rotatable bonds is 5. The van der Waals surface area contributed by atoms with Gasteiger partial charge in [-0.2, -0.15) is 0 Å². The van der Waals surface area contributed by atoms with Gasteiger partial charge in [0.2, 0.25) is 0 Å². The zero-order valence-electron chi connectivity index (χ0n) is 12.3. The van der Waals surface area contributed by atoms with Gasteiger partial charge in [-0.25, -0.2) is 9.78 Å². The summed E-state index contributed by atoms with van der Waals surface area (Å²) < 4.78 is 12.2. The number of carbonyl (C=O) groups is 1. The Morgan fingerprint density at radius 1 is 1.45 bits per heavy atom. The highest BCUT2D eigenvalue weighted by atomic mass is 16.5. The first-order valence-electron chi connectivity index (χ1n) is 6.75. The van der Waals surface area contributed by atoms with Gasteiger partial charge in [-0.15, -0.1) is 0 Å². The molecule has 0 atom stereocenters. The van der Waals surface area contributed by atoms with Crippen molar-refractivity contribution >= 4 is 11.6 Å². The monoisotopic (exact) mass is 276 g/mol. The van der Waals surface area contributed by atoms with Crippen LogP contribution < -0.4 is 0 Å². The van der Waals surface area contributed by atoms with Crippen LogP contribution >= 0.6 is 0 Å². The van der Waals surface area contributed by atoms with Gasteiger partial charge in [-0.1, -0.05) is 13.8 Å². The first kappa shape index (κ1) is 14.5. The minimum atomic E-state index is -0.341. The summed E-state index contributed by atoms with van der Waals surface area (Å²) in [5.41, 5.74) is 3.03. The Hall–Kier alpha value is -1.88. The van der Waals surface area contributed by atoms with E-state index in [2.05, 4.69) is 18.8 Å². The molecule has 20 heavy (non-hydrogen) atoms. The van der Waals surface area contributed by atoms with E-state index in [0.717, 1.165) is 11.4 Å². The molecule has 2 rings (SSSR count). The second kappa shape index (κ2) is 6.05. The molecular weight excluding hydrogens is 256 g/mol. The Morgan fingerprint density at radius 3 is 2.80 bits per heavy atom. The third-order valence-corrected chi connectivity index (χ3v) is 3.08. The normalized spacial score (nSPS) is 11.2. The Kier molecular flexibility index (Phi) is 4.39. The largest absolute Gasteiger partial charge is 0.462 e. The standard InChI is InChI=1S/C15H20N2O3/c1-5-20-15(18)12-6-7-17-13(10(2)3)8-11(9-19-4)16-14(12)17/h6-8,10H,5,9H2,1-4H3. The zero-order valence-corrected chi connectivity index (χ0v) is 12.3. The predicted octanol–water partition coefficient (Wildman–Crippen LogP) is 2.78. The van der Waals surface area contributed by atoms with Crippen molar-refractivity contribution < 1.29 is 14.3 Å². The van der Waals surface area contributed by atoms with Crippen molar-refractivity contribution in [1.29, 1.82) is 0 Å². The van der Waals surface area contributed by atoms with Gasteiger partial charge in [0.25, 0.3) is 0 Å². The van der Waals surface area contributed by atoms with Crippen LogP contribution in [0.1, 0.15) is 48.4 Å². The number of esters is 1. The highest BCUT2D eigenvalue weighted by molar-refractivity contribution is 5.96. The Balaban J connectivity index is 2.60. The van der Waals surface area contributed by atoms with Gasteiger partial charge in [-0.05, 0) is 25.0 Å². The van der Waals surface area contributed by atoms with Gasteiger partial charge in [-0.3, -0.25) is 0 Å². The van der Waals surface area contributed by atoms with Crippen LogP contribution in [0.2, 0.25) is 0 Å². The molecule has 5 heteroatoms. The van der Waals surface area contributed by atoms with Crippen molar-refractivity contribution in [1.82, 2.24) is 9.38 Å². The zero-order chi connectivity index (χ0) is 14.7. The maximum Gasteiger partial charge on any atom is 0.341 e. The van der Waals surface area contributed by atoms with E-state index >= 15 is 0 Å². The van der Waals surface area contributed by atoms with Gasteiger partial charge >= 0.3 is 5.97 Å². The van der Waals surface area contributed by atoms with E-state index in [0.29, 0.717) is 30.3 Å². The lowest BCUT2D eigenvalue weighted by Gasteiger charge is -2.12. The smallest absolute Gasteiger partial charge is 0.341 e. The molecule has 0 aromatic carbocycles. The first-order chi connectivity index (χ1) is 9.58. The van der Waals surface area contributed by atoms with Crippen LogP contribution in [0.5, 0.6) is 0 Å². The van der Waals surface area contributed by atoms with Crippen LogP contribution in [0.15, 0.2) is 18.3 Å². The third-order valence-electron chi connectivity index (χ3n) is 3.08. The van der Waals surface area contributed by atoms with E-state index in [4.69, 9.17) is 9.47 Å². The van der Waals surface area contributed by atoms with E-state index < -0.39 is 0 Å². The van der Waals surface area contributed by atoms with Crippen LogP contribution in [0.4, 0.5) is 0 Å². The summed E-state index contributed by atoms with van der Waals surface area (Å²) in [5.74, 6) is -0.0228. The van der Waals surface area contributed by atoms with Crippen molar-refractivity contribution in [3.8, 4) is 0 Å². The van der Waals surface area contributed by atoms with Gasteiger partial charge in [0.1, 0.15) is 5.56 Å². The molecule has 0 aliphatic heterocycles. The topological polar surface area (TPSA) is 52.8 Å². The highest BCUT2D eigenvalue weighted by Crippen LogP contribution is 2.21. The minimum Gasteiger partial charge on any atom is -0.462 e. The second-order valence-corrected chi connectivity index (χ2v) is 4.90. The van der Waals surface area contributed by atoms with E-state index in [1.54, 1.807) is 20.1 Å². The fourth-order valence-electron chi connectivity index (χ4n) is 2.19. The molecule has 0 saturated carbocycles. The van der Waals surface area contributed by atoms with Crippen LogP contribution in [0, 0.1) is 0 Å². The summed E-state index contributed by atoms with van der Waals surface area (Å²) >= 11 is 0. The number of aromatic nitrogens is 2. The average Bonchev–Trinajstić information content (AvgIpc) is 2.82. The number of nitrogens with zero attached hydrogens (tertiary/aromatic N) is 2. The molecule has 108 valence electrons. The molecule has 2 heterocycles. The van der Waals surface area contributed by atoms with Crippen LogP contribution in [-0.2, 0) is 16.1 Å². The van der Waals surface area contributed by atoms with E-state index in [-0.39, 0.29) is 5.97 Å². The summed E-state index contributed by atoms with van der Waals surface area (Å²) in [5, 5.41) is 0. The van der Waals surface area contributed by atoms with Crippen molar-refractivity contribution in [2.24, 2.45) is 0 Å². The van der Waals surface area contributed by atoms with E-state index in [9.17, 15) is 4.79 Å². The van der Waals surface area contributed by atoms with Crippen molar-refractivity contribution in [2.45, 2.75) is 33.3 Å². The maximum atomic E-state index is 12.0. The average molecular weight is 276 g/mol. The number of hydrogen-bond acceptors (Lipinski definition) is 4. The molecule has 5 nitrogen and oxygen atoms in total. The summed E-state index contributed by atoms with van der Waals surface area (Å²) in [7, 11) is 1.63.